The second-order valence-corrected chi connectivity index (χ2v) is 7.39. The van der Waals surface area contributed by atoms with Gasteiger partial charge in [0.2, 0.25) is 0 Å². The summed E-state index contributed by atoms with van der Waals surface area (Å²) in [6.07, 6.45) is 10.4. The van der Waals surface area contributed by atoms with Crippen molar-refractivity contribution in [3.05, 3.63) is 51.6 Å². The molecule has 0 bridgehead atoms. The van der Waals surface area contributed by atoms with Gasteiger partial charge in [-0.25, -0.2) is 0 Å². The summed E-state index contributed by atoms with van der Waals surface area (Å²) in [5.74, 6) is -0.0991. The van der Waals surface area contributed by atoms with Gasteiger partial charge in [0.15, 0.2) is 0 Å². The van der Waals surface area contributed by atoms with Crippen LogP contribution in [0.15, 0.2) is 35.9 Å². The fourth-order valence-corrected chi connectivity index (χ4v) is 3.76. The molecule has 3 N–H and O–H groups in total. The number of carbonyl (C=O) groups is 1. The lowest BCUT2D eigenvalue weighted by atomic mass is 10.0. The number of nitrogens with two attached hydrogens (primary N) is 1. The van der Waals surface area contributed by atoms with Gasteiger partial charge in [0.1, 0.15) is 11.4 Å². The Bertz CT molecular complexity index is 826. The number of hydrogen-bond acceptors (Lipinski definition) is 6. The molecule has 1 amide bonds. The average Bonchev–Trinajstić information content (AvgIpc) is 2.70. The van der Waals surface area contributed by atoms with Crippen molar-refractivity contribution < 1.29 is 14.5 Å². The van der Waals surface area contributed by atoms with Crippen molar-refractivity contribution in [2.75, 3.05) is 32.0 Å². The summed E-state index contributed by atoms with van der Waals surface area (Å²) in [5, 5.41) is 14.2. The van der Waals surface area contributed by atoms with Gasteiger partial charge in [-0.3, -0.25) is 19.8 Å². The number of hydrogen-bond donors (Lipinski definition) is 2. The number of nitrogens with zero attached hydrogens (tertiary/aromatic N) is 2. The molecule has 8 heteroatoms. The zero-order chi connectivity index (χ0) is 20.8. The lowest BCUT2D eigenvalue weighted by molar-refractivity contribution is -0.383. The van der Waals surface area contributed by atoms with Crippen molar-refractivity contribution in [3.63, 3.8) is 0 Å². The van der Waals surface area contributed by atoms with Crippen molar-refractivity contribution in [1.82, 2.24) is 10.2 Å². The van der Waals surface area contributed by atoms with E-state index < -0.39 is 4.92 Å². The second-order valence-electron chi connectivity index (χ2n) is 7.39. The standard InChI is InChI=1S/C21H28N4O4/c1-2-29-20-13-18(22)19(25(27)28)12-17(20)21(26)23-16-8-10-24(11-9-16)14-15-6-4-3-5-7-15/h3-4,7,12-13,16H,2,5-6,8-11,14,22H2,1H3,(H,23,26). The topological polar surface area (TPSA) is 111 Å². The van der Waals surface area contributed by atoms with Crippen molar-refractivity contribution >= 4 is 17.3 Å². The molecule has 1 fully saturated rings. The number of amides is 1. The molecule has 1 aromatic carbocycles. The molecule has 0 saturated carbocycles. The summed E-state index contributed by atoms with van der Waals surface area (Å²) in [6.45, 7) is 4.91. The SMILES string of the molecule is CCOc1cc(N)c([N+](=O)[O-])cc1C(=O)NC1CCN(CC2=CCC=CC2)CC1. The van der Waals surface area contributed by atoms with Crippen LogP contribution in [0.4, 0.5) is 11.4 Å². The molecule has 3 rings (SSSR count). The number of allylic oxidation sites excluding steroid dienone is 3. The third-order valence-corrected chi connectivity index (χ3v) is 5.31. The lowest BCUT2D eigenvalue weighted by Gasteiger charge is -2.33. The van der Waals surface area contributed by atoms with Crippen molar-refractivity contribution in [2.45, 2.75) is 38.6 Å². The lowest BCUT2D eigenvalue weighted by Crippen LogP contribution is -2.45. The summed E-state index contributed by atoms with van der Waals surface area (Å²) in [4.78, 5) is 25.8. The number of carbonyl (C=O) groups excluding carboxylic acids is 1. The first-order valence-corrected chi connectivity index (χ1v) is 10.0. The van der Waals surface area contributed by atoms with Gasteiger partial charge in [0, 0.05) is 37.8 Å². The minimum Gasteiger partial charge on any atom is -0.493 e. The first kappa shape index (κ1) is 20.9. The van der Waals surface area contributed by atoms with Gasteiger partial charge < -0.3 is 15.8 Å². The minimum atomic E-state index is -0.588. The molecule has 29 heavy (non-hydrogen) atoms. The Morgan fingerprint density at radius 2 is 2.10 bits per heavy atom. The van der Waals surface area contributed by atoms with Gasteiger partial charge in [-0.15, -0.1) is 0 Å². The molecule has 0 aromatic heterocycles. The van der Waals surface area contributed by atoms with E-state index in [1.165, 1.54) is 17.7 Å². The number of likely N-dealkylation sites (tertiary alicyclic amines) is 1. The molecular formula is C21H28N4O4. The molecule has 1 saturated heterocycles. The number of rotatable bonds is 7. The zero-order valence-corrected chi connectivity index (χ0v) is 16.7. The number of ether oxygens (including phenoxy) is 1. The monoisotopic (exact) mass is 400 g/mol. The molecule has 0 atom stereocenters. The molecular weight excluding hydrogens is 372 g/mol. The predicted molar refractivity (Wildman–Crippen MR) is 112 cm³/mol. The highest BCUT2D eigenvalue weighted by molar-refractivity contribution is 5.98. The zero-order valence-electron chi connectivity index (χ0n) is 16.7. The van der Waals surface area contributed by atoms with E-state index in [-0.39, 0.29) is 34.6 Å². The third kappa shape index (κ3) is 5.35. The van der Waals surface area contributed by atoms with Crippen LogP contribution >= 0.6 is 0 Å². The molecule has 8 nitrogen and oxygen atoms in total. The van der Waals surface area contributed by atoms with Crippen LogP contribution in [0.25, 0.3) is 0 Å². The van der Waals surface area contributed by atoms with Crippen LogP contribution in [-0.4, -0.2) is 48.0 Å². The minimum absolute atomic E-state index is 0.0184. The predicted octanol–water partition coefficient (Wildman–Crippen LogP) is 3.05. The van der Waals surface area contributed by atoms with Crippen LogP contribution in [0.2, 0.25) is 0 Å². The first-order valence-electron chi connectivity index (χ1n) is 10.0. The van der Waals surface area contributed by atoms with Crippen LogP contribution in [0, 0.1) is 10.1 Å². The number of nitrogen functional groups attached to an aromatic ring is 1. The highest BCUT2D eigenvalue weighted by Crippen LogP contribution is 2.31. The van der Waals surface area contributed by atoms with E-state index in [9.17, 15) is 14.9 Å². The molecule has 1 aliphatic heterocycles. The molecule has 0 radical (unpaired) electrons. The van der Waals surface area contributed by atoms with E-state index in [0.717, 1.165) is 45.3 Å². The van der Waals surface area contributed by atoms with Gasteiger partial charge in [0.25, 0.3) is 11.6 Å². The fraction of sp³-hybridized carbons (Fsp3) is 0.476. The molecule has 0 spiro atoms. The van der Waals surface area contributed by atoms with Crippen molar-refractivity contribution in [2.24, 2.45) is 0 Å². The smallest absolute Gasteiger partial charge is 0.293 e. The number of nitrogens with one attached hydrogen (secondary N) is 1. The summed E-state index contributed by atoms with van der Waals surface area (Å²) < 4.78 is 5.48. The van der Waals surface area contributed by atoms with Crippen molar-refractivity contribution in [3.8, 4) is 5.75 Å². The molecule has 1 aromatic rings. The molecule has 2 aliphatic rings. The Balaban J connectivity index is 1.61. The normalized spacial score (nSPS) is 17.6. The van der Waals surface area contributed by atoms with Crippen LogP contribution in [0.1, 0.15) is 43.0 Å². The number of benzene rings is 1. The van der Waals surface area contributed by atoms with Gasteiger partial charge >= 0.3 is 0 Å². The number of anilines is 1. The maximum absolute atomic E-state index is 12.8. The maximum Gasteiger partial charge on any atom is 0.293 e. The molecule has 156 valence electrons. The number of piperidine rings is 1. The Morgan fingerprint density at radius 3 is 2.72 bits per heavy atom. The Morgan fingerprint density at radius 1 is 1.34 bits per heavy atom. The van der Waals surface area contributed by atoms with Gasteiger partial charge in [-0.1, -0.05) is 23.8 Å². The van der Waals surface area contributed by atoms with E-state index in [1.807, 2.05) is 0 Å². The quantitative estimate of drug-likeness (QED) is 0.315. The number of nitro groups is 1. The summed E-state index contributed by atoms with van der Waals surface area (Å²) >= 11 is 0. The van der Waals surface area contributed by atoms with Crippen LogP contribution in [0.3, 0.4) is 0 Å². The van der Waals surface area contributed by atoms with Gasteiger partial charge in [-0.2, -0.15) is 0 Å². The van der Waals surface area contributed by atoms with Crippen LogP contribution in [0.5, 0.6) is 5.75 Å². The Kier molecular flexibility index (Phi) is 6.87. The fourth-order valence-electron chi connectivity index (χ4n) is 3.76. The Hall–Kier alpha value is -2.87. The van der Waals surface area contributed by atoms with Gasteiger partial charge in [0.05, 0.1) is 17.1 Å². The molecule has 0 unspecified atom stereocenters. The second kappa shape index (κ2) is 9.56. The van der Waals surface area contributed by atoms with E-state index in [2.05, 4.69) is 28.4 Å². The van der Waals surface area contributed by atoms with Crippen molar-refractivity contribution in [1.29, 1.82) is 0 Å². The van der Waals surface area contributed by atoms with Gasteiger partial charge in [-0.05, 0) is 32.6 Å². The van der Waals surface area contributed by atoms with E-state index in [4.69, 9.17) is 10.5 Å². The van der Waals surface area contributed by atoms with Crippen LogP contribution in [-0.2, 0) is 0 Å². The maximum atomic E-state index is 12.8. The third-order valence-electron chi connectivity index (χ3n) is 5.31. The van der Waals surface area contributed by atoms with E-state index in [1.54, 1.807) is 6.92 Å². The first-order chi connectivity index (χ1) is 14.0. The Labute approximate surface area is 170 Å². The summed E-state index contributed by atoms with van der Waals surface area (Å²) in [7, 11) is 0. The van der Waals surface area contributed by atoms with E-state index >= 15 is 0 Å². The molecule has 1 aliphatic carbocycles. The molecule has 1 heterocycles. The van der Waals surface area contributed by atoms with E-state index in [0.29, 0.717) is 6.61 Å². The number of nitro benzene ring substituents is 1. The highest BCUT2D eigenvalue weighted by Gasteiger charge is 2.25. The largest absolute Gasteiger partial charge is 0.493 e. The highest BCUT2D eigenvalue weighted by atomic mass is 16.6. The summed E-state index contributed by atoms with van der Waals surface area (Å²) in [5.41, 5.74) is 7.02. The summed E-state index contributed by atoms with van der Waals surface area (Å²) in [6, 6.07) is 2.59. The average molecular weight is 400 g/mol. The van der Waals surface area contributed by atoms with Crippen LogP contribution < -0.4 is 15.8 Å².